The molecule has 2 aromatic rings. The lowest BCUT2D eigenvalue weighted by Gasteiger charge is -2.56. The monoisotopic (exact) mass is 409 g/mol. The Morgan fingerprint density at radius 1 is 1.10 bits per heavy atom. The van der Waals surface area contributed by atoms with Crippen LogP contribution in [0.3, 0.4) is 0 Å². The molecule has 4 saturated carbocycles. The van der Waals surface area contributed by atoms with Gasteiger partial charge in [-0.1, -0.05) is 6.07 Å². The second kappa shape index (κ2) is 7.03. The van der Waals surface area contributed by atoms with Crippen molar-refractivity contribution < 1.29 is 27.9 Å². The summed E-state index contributed by atoms with van der Waals surface area (Å²) >= 11 is 0. The van der Waals surface area contributed by atoms with Gasteiger partial charge in [0.05, 0.1) is 11.7 Å². The Hall–Kier alpha value is -2.58. The Morgan fingerprint density at radius 2 is 1.66 bits per heavy atom. The highest BCUT2D eigenvalue weighted by Gasteiger charge is 2.51. The molecule has 6 rings (SSSR count). The summed E-state index contributed by atoms with van der Waals surface area (Å²) < 4.78 is 33.6. The van der Waals surface area contributed by atoms with Gasteiger partial charge in [-0.25, -0.2) is 9.78 Å². The number of amides is 1. The summed E-state index contributed by atoms with van der Waals surface area (Å²) in [5, 5.41) is 10.5. The highest BCUT2D eigenvalue weighted by atomic mass is 19.4. The van der Waals surface area contributed by atoms with Gasteiger partial charge in [-0.15, -0.1) is 0 Å². The van der Waals surface area contributed by atoms with Gasteiger partial charge in [-0.2, -0.15) is 13.2 Å². The number of carbonyl (C=O) groups is 2. The van der Waals surface area contributed by atoms with Gasteiger partial charge in [-0.3, -0.25) is 9.20 Å². The molecule has 0 aromatic carbocycles. The summed E-state index contributed by atoms with van der Waals surface area (Å²) in [5.41, 5.74) is 1.02. The van der Waals surface area contributed by atoms with Crippen LogP contribution >= 0.6 is 0 Å². The average Bonchev–Trinajstić information content (AvgIpc) is 3.04. The summed E-state index contributed by atoms with van der Waals surface area (Å²) in [7, 11) is 0. The van der Waals surface area contributed by atoms with Crippen LogP contribution in [0.4, 0.5) is 13.2 Å². The van der Waals surface area contributed by atoms with Gasteiger partial charge in [0, 0.05) is 11.7 Å². The lowest BCUT2D eigenvalue weighted by Crippen LogP contribution is -2.60. The van der Waals surface area contributed by atoms with Gasteiger partial charge < -0.3 is 10.4 Å². The van der Waals surface area contributed by atoms with E-state index < -0.39 is 12.1 Å². The number of aromatic nitrogens is 2. The zero-order valence-electron chi connectivity index (χ0n) is 15.7. The van der Waals surface area contributed by atoms with E-state index in [-0.39, 0.29) is 11.4 Å². The van der Waals surface area contributed by atoms with Crippen LogP contribution in [0.2, 0.25) is 0 Å². The molecule has 2 heterocycles. The first-order valence-electron chi connectivity index (χ1n) is 9.70. The predicted molar refractivity (Wildman–Crippen MR) is 97.3 cm³/mol. The molecule has 0 saturated heterocycles. The van der Waals surface area contributed by atoms with Crippen molar-refractivity contribution >= 4 is 17.4 Å². The lowest BCUT2D eigenvalue weighted by molar-refractivity contribution is -0.192. The minimum atomic E-state index is -5.08. The number of carboxylic acid groups (broad SMARTS) is 1. The van der Waals surface area contributed by atoms with Gasteiger partial charge in [0.2, 0.25) is 5.82 Å². The first-order valence-corrected chi connectivity index (χ1v) is 9.70. The summed E-state index contributed by atoms with van der Waals surface area (Å²) in [6.45, 7) is 0. The normalized spacial score (nSPS) is 30.0. The van der Waals surface area contributed by atoms with Crippen LogP contribution in [0.15, 0.2) is 30.6 Å². The number of alkyl halides is 3. The van der Waals surface area contributed by atoms with E-state index in [9.17, 15) is 18.0 Å². The van der Waals surface area contributed by atoms with E-state index >= 15 is 0 Å². The number of hydrogen-bond acceptors (Lipinski definition) is 3. The van der Waals surface area contributed by atoms with Crippen LogP contribution in [0.5, 0.6) is 0 Å². The van der Waals surface area contributed by atoms with Crippen molar-refractivity contribution in [3.05, 3.63) is 36.4 Å². The molecule has 0 aliphatic heterocycles. The molecule has 0 unspecified atom stereocenters. The van der Waals surface area contributed by atoms with E-state index in [2.05, 4.69) is 10.3 Å². The van der Waals surface area contributed by atoms with Crippen LogP contribution < -0.4 is 5.32 Å². The zero-order chi connectivity index (χ0) is 20.8. The molecule has 0 spiro atoms. The van der Waals surface area contributed by atoms with E-state index in [0.717, 1.165) is 23.3 Å². The molecule has 0 atom stereocenters. The molecule has 29 heavy (non-hydrogen) atoms. The number of rotatable bonds is 2. The lowest BCUT2D eigenvalue weighted by atomic mass is 9.53. The van der Waals surface area contributed by atoms with E-state index in [4.69, 9.17) is 9.90 Å². The SMILES string of the molecule is O=C(NC12CC3CC(CC(C3)C1)C2)c1ncc2ccccn12.O=C(O)C(F)(F)F. The van der Waals surface area contributed by atoms with Gasteiger partial charge >= 0.3 is 12.1 Å². The first kappa shape index (κ1) is 19.7. The second-order valence-electron chi connectivity index (χ2n) is 8.53. The topological polar surface area (TPSA) is 83.7 Å². The number of carbonyl (C=O) groups excluding carboxylic acids is 1. The van der Waals surface area contributed by atoms with Crippen molar-refractivity contribution in [2.45, 2.75) is 50.2 Å². The Balaban J connectivity index is 0.000000255. The second-order valence-corrected chi connectivity index (χ2v) is 8.53. The Bertz CT molecular complexity index is 902. The van der Waals surface area contributed by atoms with Crippen molar-refractivity contribution in [1.82, 2.24) is 14.7 Å². The third-order valence-corrected chi connectivity index (χ3v) is 6.30. The van der Waals surface area contributed by atoms with Crippen molar-refractivity contribution in [3.63, 3.8) is 0 Å². The number of fused-ring (bicyclic) bond motifs is 1. The molecular formula is C20H22F3N3O3. The van der Waals surface area contributed by atoms with Crippen molar-refractivity contribution in [2.24, 2.45) is 17.8 Å². The molecule has 2 aromatic heterocycles. The quantitative estimate of drug-likeness (QED) is 0.793. The molecule has 9 heteroatoms. The minimum Gasteiger partial charge on any atom is -0.475 e. The summed E-state index contributed by atoms with van der Waals surface area (Å²) in [6, 6.07) is 5.89. The van der Waals surface area contributed by atoms with Crippen LogP contribution in [0.25, 0.3) is 5.52 Å². The van der Waals surface area contributed by atoms with Crippen molar-refractivity contribution in [1.29, 1.82) is 0 Å². The number of nitrogens with one attached hydrogen (secondary N) is 1. The smallest absolute Gasteiger partial charge is 0.475 e. The largest absolute Gasteiger partial charge is 0.490 e. The molecule has 1 amide bonds. The highest BCUT2D eigenvalue weighted by Crippen LogP contribution is 2.55. The fourth-order valence-electron chi connectivity index (χ4n) is 5.67. The first-order chi connectivity index (χ1) is 13.7. The van der Waals surface area contributed by atoms with E-state index in [0.29, 0.717) is 5.82 Å². The maximum Gasteiger partial charge on any atom is 0.490 e. The van der Waals surface area contributed by atoms with E-state index in [1.807, 2.05) is 28.8 Å². The van der Waals surface area contributed by atoms with Crippen LogP contribution in [-0.2, 0) is 4.79 Å². The summed E-state index contributed by atoms with van der Waals surface area (Å²) in [4.78, 5) is 26.1. The van der Waals surface area contributed by atoms with Gasteiger partial charge in [0.25, 0.3) is 5.91 Å². The number of carboxylic acids is 1. The molecular weight excluding hydrogens is 387 g/mol. The van der Waals surface area contributed by atoms with E-state index in [1.165, 1.54) is 38.5 Å². The van der Waals surface area contributed by atoms with Gasteiger partial charge in [0.15, 0.2) is 0 Å². The van der Waals surface area contributed by atoms with Gasteiger partial charge in [-0.05, 0) is 68.4 Å². The van der Waals surface area contributed by atoms with Crippen LogP contribution in [-0.4, -0.2) is 38.1 Å². The molecule has 4 aliphatic rings. The predicted octanol–water partition coefficient (Wildman–Crippen LogP) is 3.67. The molecule has 4 aliphatic carbocycles. The highest BCUT2D eigenvalue weighted by molar-refractivity contribution is 5.92. The summed E-state index contributed by atoms with van der Waals surface area (Å²) in [5.74, 6) is 0.266. The molecule has 4 fully saturated rings. The number of halogens is 3. The fourth-order valence-corrected chi connectivity index (χ4v) is 5.67. The zero-order valence-corrected chi connectivity index (χ0v) is 15.7. The Morgan fingerprint density at radius 3 is 2.17 bits per heavy atom. The average molecular weight is 409 g/mol. The third kappa shape index (κ3) is 3.95. The van der Waals surface area contributed by atoms with Crippen molar-refractivity contribution in [3.8, 4) is 0 Å². The third-order valence-electron chi connectivity index (χ3n) is 6.30. The van der Waals surface area contributed by atoms with Crippen molar-refractivity contribution in [2.75, 3.05) is 0 Å². The molecule has 0 radical (unpaired) electrons. The Kier molecular flexibility index (Phi) is 4.78. The number of imidazole rings is 1. The maximum atomic E-state index is 12.8. The number of aliphatic carboxylic acids is 1. The molecule has 6 nitrogen and oxygen atoms in total. The minimum absolute atomic E-state index is 0.00634. The molecule has 156 valence electrons. The van der Waals surface area contributed by atoms with Gasteiger partial charge in [0.1, 0.15) is 0 Å². The summed E-state index contributed by atoms with van der Waals surface area (Å²) in [6.07, 6.45) is 6.30. The van der Waals surface area contributed by atoms with Crippen LogP contribution in [0, 0.1) is 17.8 Å². The number of pyridine rings is 1. The number of hydrogen-bond donors (Lipinski definition) is 2. The number of nitrogens with zero attached hydrogens (tertiary/aromatic N) is 2. The fraction of sp³-hybridized carbons (Fsp3) is 0.550. The maximum absolute atomic E-state index is 12.8. The molecule has 4 bridgehead atoms. The van der Waals surface area contributed by atoms with Crippen LogP contribution in [0.1, 0.15) is 49.1 Å². The van der Waals surface area contributed by atoms with E-state index in [1.54, 1.807) is 6.20 Å². The Labute approximate surface area is 165 Å². The molecule has 2 N–H and O–H groups in total. The standard InChI is InChI=1S/C18H21N3O.C2HF3O2/c22-17(16-19-11-15-3-1-2-4-21(15)16)20-18-8-12-5-13(9-18)7-14(6-12)10-18;3-2(4,5)1(6)7/h1-4,11-14H,5-10H2,(H,20,22);(H,6,7).